The van der Waals surface area contributed by atoms with Gasteiger partial charge < -0.3 is 10.1 Å². The molecule has 2 fully saturated rings. The molecule has 15 heavy (non-hydrogen) atoms. The molecule has 0 saturated carbocycles. The van der Waals surface area contributed by atoms with Gasteiger partial charge in [0.05, 0.1) is 12.7 Å². The third-order valence-electron chi connectivity index (χ3n) is 3.74. The summed E-state index contributed by atoms with van der Waals surface area (Å²) in [5.74, 6) is 0. The lowest BCUT2D eigenvalue weighted by Gasteiger charge is -2.37. The van der Waals surface area contributed by atoms with Gasteiger partial charge in [0, 0.05) is 26.2 Å². The van der Waals surface area contributed by atoms with E-state index in [9.17, 15) is 0 Å². The molecule has 0 aromatic carbocycles. The first kappa shape index (κ1) is 11.4. The van der Waals surface area contributed by atoms with Crippen molar-refractivity contribution in [3.63, 3.8) is 0 Å². The molecule has 0 aliphatic carbocycles. The van der Waals surface area contributed by atoms with Gasteiger partial charge in [0.25, 0.3) is 0 Å². The molecule has 0 aromatic heterocycles. The summed E-state index contributed by atoms with van der Waals surface area (Å²) < 4.78 is 5.70. The number of ether oxygens (including phenoxy) is 1. The van der Waals surface area contributed by atoms with E-state index in [-0.39, 0.29) is 0 Å². The second-order valence-corrected chi connectivity index (χ2v) is 5.37. The number of rotatable bonds is 3. The largest absolute Gasteiger partial charge is 0.376 e. The van der Waals surface area contributed by atoms with Crippen LogP contribution in [0.1, 0.15) is 26.7 Å². The van der Waals surface area contributed by atoms with Gasteiger partial charge in [0.1, 0.15) is 0 Å². The van der Waals surface area contributed by atoms with Gasteiger partial charge in [-0.1, -0.05) is 13.8 Å². The van der Waals surface area contributed by atoms with Crippen LogP contribution in [0.15, 0.2) is 0 Å². The van der Waals surface area contributed by atoms with Crippen molar-refractivity contribution in [2.45, 2.75) is 32.8 Å². The van der Waals surface area contributed by atoms with Crippen molar-refractivity contribution in [1.82, 2.24) is 10.2 Å². The van der Waals surface area contributed by atoms with Crippen LogP contribution in [-0.2, 0) is 4.74 Å². The van der Waals surface area contributed by atoms with Crippen LogP contribution in [0, 0.1) is 5.41 Å². The van der Waals surface area contributed by atoms with Gasteiger partial charge in [-0.3, -0.25) is 4.90 Å². The summed E-state index contributed by atoms with van der Waals surface area (Å²) in [5.41, 5.74) is 0.496. The number of nitrogens with zero attached hydrogens (tertiary/aromatic N) is 1. The highest BCUT2D eigenvalue weighted by Crippen LogP contribution is 2.26. The number of morpholine rings is 1. The molecule has 3 heteroatoms. The summed E-state index contributed by atoms with van der Waals surface area (Å²) in [7, 11) is 0. The maximum absolute atomic E-state index is 5.70. The van der Waals surface area contributed by atoms with Crippen molar-refractivity contribution in [1.29, 1.82) is 0 Å². The Morgan fingerprint density at radius 1 is 1.53 bits per heavy atom. The second-order valence-electron chi connectivity index (χ2n) is 5.37. The molecule has 2 aliphatic rings. The highest BCUT2D eigenvalue weighted by atomic mass is 16.5. The van der Waals surface area contributed by atoms with Crippen LogP contribution in [0.5, 0.6) is 0 Å². The number of hydrogen-bond donors (Lipinski definition) is 1. The molecule has 0 aromatic rings. The highest BCUT2D eigenvalue weighted by molar-refractivity contribution is 4.87. The zero-order valence-electron chi connectivity index (χ0n) is 10.1. The summed E-state index contributed by atoms with van der Waals surface area (Å²) >= 11 is 0. The van der Waals surface area contributed by atoms with Gasteiger partial charge in [0.15, 0.2) is 0 Å². The fourth-order valence-electron chi connectivity index (χ4n) is 2.71. The smallest absolute Gasteiger partial charge is 0.0700 e. The Morgan fingerprint density at radius 3 is 3.07 bits per heavy atom. The summed E-state index contributed by atoms with van der Waals surface area (Å²) in [6, 6.07) is 0. The maximum Gasteiger partial charge on any atom is 0.0700 e. The van der Waals surface area contributed by atoms with Crippen molar-refractivity contribution in [2.24, 2.45) is 5.41 Å². The lowest BCUT2D eigenvalue weighted by atomic mass is 9.89. The SMILES string of the molecule is CCC1CN(CC2(C)CCNC2)CCO1. The minimum absolute atomic E-state index is 0.469. The van der Waals surface area contributed by atoms with Crippen molar-refractivity contribution in [3.05, 3.63) is 0 Å². The van der Waals surface area contributed by atoms with Crippen LogP contribution in [0.4, 0.5) is 0 Å². The third-order valence-corrected chi connectivity index (χ3v) is 3.74. The average Bonchev–Trinajstić information content (AvgIpc) is 2.65. The second kappa shape index (κ2) is 4.81. The number of hydrogen-bond acceptors (Lipinski definition) is 3. The average molecular weight is 212 g/mol. The van der Waals surface area contributed by atoms with Crippen LogP contribution in [-0.4, -0.2) is 50.3 Å². The Kier molecular flexibility index (Phi) is 3.65. The molecule has 2 unspecified atom stereocenters. The molecule has 3 nitrogen and oxygen atoms in total. The summed E-state index contributed by atoms with van der Waals surface area (Å²) in [6.45, 7) is 11.4. The first-order chi connectivity index (χ1) is 7.22. The van der Waals surface area contributed by atoms with Crippen LogP contribution < -0.4 is 5.32 Å². The molecule has 2 aliphatic heterocycles. The van der Waals surface area contributed by atoms with Crippen LogP contribution in [0.25, 0.3) is 0 Å². The van der Waals surface area contributed by atoms with E-state index in [1.54, 1.807) is 0 Å². The lowest BCUT2D eigenvalue weighted by molar-refractivity contribution is -0.0394. The first-order valence-corrected chi connectivity index (χ1v) is 6.26. The molecule has 0 radical (unpaired) electrons. The molecule has 2 heterocycles. The Hall–Kier alpha value is -0.120. The van der Waals surface area contributed by atoms with Gasteiger partial charge in [-0.15, -0.1) is 0 Å². The van der Waals surface area contributed by atoms with Crippen molar-refractivity contribution in [3.8, 4) is 0 Å². The maximum atomic E-state index is 5.70. The van der Waals surface area contributed by atoms with E-state index in [2.05, 4.69) is 24.1 Å². The summed E-state index contributed by atoms with van der Waals surface area (Å²) in [6.07, 6.45) is 2.93. The quantitative estimate of drug-likeness (QED) is 0.758. The lowest BCUT2D eigenvalue weighted by Crippen LogP contribution is -2.47. The fraction of sp³-hybridized carbons (Fsp3) is 1.00. The van der Waals surface area contributed by atoms with E-state index in [0.29, 0.717) is 11.5 Å². The molecule has 2 rings (SSSR count). The third kappa shape index (κ3) is 2.92. The molecule has 1 N–H and O–H groups in total. The Bertz CT molecular complexity index is 202. The minimum Gasteiger partial charge on any atom is -0.376 e. The van der Waals surface area contributed by atoms with Gasteiger partial charge in [-0.25, -0.2) is 0 Å². The van der Waals surface area contributed by atoms with Gasteiger partial charge in [0.2, 0.25) is 0 Å². The van der Waals surface area contributed by atoms with Crippen molar-refractivity contribution in [2.75, 3.05) is 39.3 Å². The predicted molar refractivity (Wildman–Crippen MR) is 62.1 cm³/mol. The van der Waals surface area contributed by atoms with E-state index >= 15 is 0 Å². The molecule has 2 saturated heterocycles. The Labute approximate surface area is 93.2 Å². The molecule has 0 amide bonds. The van der Waals surface area contributed by atoms with E-state index in [1.807, 2.05) is 0 Å². The van der Waals surface area contributed by atoms with Gasteiger partial charge in [-0.2, -0.15) is 0 Å². The zero-order valence-corrected chi connectivity index (χ0v) is 10.1. The topological polar surface area (TPSA) is 24.5 Å². The molecule has 2 atom stereocenters. The molecular formula is C12H24N2O. The van der Waals surface area contributed by atoms with Crippen molar-refractivity contribution < 1.29 is 4.74 Å². The summed E-state index contributed by atoms with van der Waals surface area (Å²) in [5, 5.41) is 3.47. The fourth-order valence-corrected chi connectivity index (χ4v) is 2.71. The minimum atomic E-state index is 0.469. The van der Waals surface area contributed by atoms with E-state index in [4.69, 9.17) is 4.74 Å². The number of nitrogens with one attached hydrogen (secondary N) is 1. The summed E-state index contributed by atoms with van der Waals surface area (Å²) in [4.78, 5) is 2.59. The van der Waals surface area contributed by atoms with E-state index < -0.39 is 0 Å². The molecule has 0 bridgehead atoms. The normalized spacial score (nSPS) is 38.4. The van der Waals surface area contributed by atoms with Crippen LogP contribution in [0.2, 0.25) is 0 Å². The Morgan fingerprint density at radius 2 is 2.40 bits per heavy atom. The standard InChI is InChI=1S/C12H24N2O/c1-3-11-8-14(6-7-15-11)10-12(2)4-5-13-9-12/h11,13H,3-10H2,1-2H3. The predicted octanol–water partition coefficient (Wildman–Crippen LogP) is 1.10. The van der Waals surface area contributed by atoms with E-state index in [1.165, 1.54) is 26.1 Å². The molecular weight excluding hydrogens is 188 g/mol. The highest BCUT2D eigenvalue weighted by Gasteiger charge is 2.32. The van der Waals surface area contributed by atoms with Crippen LogP contribution in [0.3, 0.4) is 0 Å². The van der Waals surface area contributed by atoms with Gasteiger partial charge in [-0.05, 0) is 24.8 Å². The van der Waals surface area contributed by atoms with Crippen LogP contribution >= 0.6 is 0 Å². The molecule has 88 valence electrons. The van der Waals surface area contributed by atoms with Crippen molar-refractivity contribution >= 4 is 0 Å². The first-order valence-electron chi connectivity index (χ1n) is 6.26. The molecule has 0 spiro atoms. The van der Waals surface area contributed by atoms with Gasteiger partial charge >= 0.3 is 0 Å². The Balaban J connectivity index is 1.83. The monoisotopic (exact) mass is 212 g/mol. The van der Waals surface area contributed by atoms with E-state index in [0.717, 1.165) is 26.1 Å². The zero-order chi connectivity index (χ0) is 10.7.